The Labute approximate surface area is 94.5 Å². The SMILES string of the molecule is CNC(c1ccncc1)c1cnccc1N. The first-order chi connectivity index (χ1) is 7.83. The van der Waals surface area contributed by atoms with Gasteiger partial charge >= 0.3 is 0 Å². The van der Waals surface area contributed by atoms with Crippen molar-refractivity contribution in [2.24, 2.45) is 0 Å². The van der Waals surface area contributed by atoms with Gasteiger partial charge in [-0.15, -0.1) is 0 Å². The normalized spacial score (nSPS) is 12.3. The van der Waals surface area contributed by atoms with E-state index in [1.54, 1.807) is 30.9 Å². The van der Waals surface area contributed by atoms with Crippen molar-refractivity contribution in [3.05, 3.63) is 54.1 Å². The van der Waals surface area contributed by atoms with E-state index in [1.807, 2.05) is 19.2 Å². The number of hydrogen-bond donors (Lipinski definition) is 2. The average molecular weight is 214 g/mol. The highest BCUT2D eigenvalue weighted by Crippen LogP contribution is 2.24. The molecule has 16 heavy (non-hydrogen) atoms. The molecule has 0 fully saturated rings. The summed E-state index contributed by atoms with van der Waals surface area (Å²) in [7, 11) is 1.90. The monoisotopic (exact) mass is 214 g/mol. The number of nitrogen functional groups attached to an aromatic ring is 1. The molecular formula is C12H14N4. The maximum atomic E-state index is 5.94. The molecule has 0 saturated heterocycles. The fraction of sp³-hybridized carbons (Fsp3) is 0.167. The number of aromatic nitrogens is 2. The second-order valence-electron chi connectivity index (χ2n) is 3.51. The van der Waals surface area contributed by atoms with Crippen LogP contribution in [0.4, 0.5) is 5.69 Å². The first-order valence-electron chi connectivity index (χ1n) is 5.09. The van der Waals surface area contributed by atoms with E-state index in [1.165, 1.54) is 0 Å². The van der Waals surface area contributed by atoms with E-state index in [-0.39, 0.29) is 6.04 Å². The minimum absolute atomic E-state index is 0.0525. The topological polar surface area (TPSA) is 63.8 Å². The molecule has 2 aromatic rings. The Morgan fingerprint density at radius 1 is 1.12 bits per heavy atom. The Morgan fingerprint density at radius 3 is 2.44 bits per heavy atom. The number of nitrogens with one attached hydrogen (secondary N) is 1. The molecule has 2 rings (SSSR count). The maximum Gasteiger partial charge on any atom is 0.0611 e. The van der Waals surface area contributed by atoms with E-state index in [2.05, 4.69) is 15.3 Å². The Bertz CT molecular complexity index is 456. The molecule has 0 aliphatic heterocycles. The van der Waals surface area contributed by atoms with Crippen LogP contribution in [0.15, 0.2) is 43.0 Å². The van der Waals surface area contributed by atoms with Crippen LogP contribution in [0, 0.1) is 0 Å². The van der Waals surface area contributed by atoms with Crippen molar-refractivity contribution in [1.29, 1.82) is 0 Å². The zero-order valence-electron chi connectivity index (χ0n) is 9.09. The van der Waals surface area contributed by atoms with Gasteiger partial charge in [0.2, 0.25) is 0 Å². The molecule has 4 heteroatoms. The van der Waals surface area contributed by atoms with Crippen molar-refractivity contribution in [2.45, 2.75) is 6.04 Å². The molecule has 0 spiro atoms. The number of nitrogens with zero attached hydrogens (tertiary/aromatic N) is 2. The second-order valence-corrected chi connectivity index (χ2v) is 3.51. The van der Waals surface area contributed by atoms with Gasteiger partial charge in [-0.25, -0.2) is 0 Å². The third-order valence-electron chi connectivity index (χ3n) is 2.53. The summed E-state index contributed by atoms with van der Waals surface area (Å²) >= 11 is 0. The van der Waals surface area contributed by atoms with E-state index >= 15 is 0 Å². The lowest BCUT2D eigenvalue weighted by Crippen LogP contribution is -2.19. The highest BCUT2D eigenvalue weighted by Gasteiger charge is 2.14. The van der Waals surface area contributed by atoms with E-state index in [9.17, 15) is 0 Å². The average Bonchev–Trinajstić information content (AvgIpc) is 2.34. The Balaban J connectivity index is 2.41. The predicted molar refractivity (Wildman–Crippen MR) is 63.8 cm³/mol. The van der Waals surface area contributed by atoms with Crippen molar-refractivity contribution in [3.8, 4) is 0 Å². The molecule has 4 nitrogen and oxygen atoms in total. The zero-order chi connectivity index (χ0) is 11.4. The molecule has 1 atom stereocenters. The Morgan fingerprint density at radius 2 is 1.81 bits per heavy atom. The van der Waals surface area contributed by atoms with E-state index in [0.717, 1.165) is 16.8 Å². The van der Waals surface area contributed by atoms with Gasteiger partial charge in [0.15, 0.2) is 0 Å². The quantitative estimate of drug-likeness (QED) is 0.810. The molecule has 0 bridgehead atoms. The van der Waals surface area contributed by atoms with Gasteiger partial charge in [0, 0.05) is 36.0 Å². The molecule has 2 aromatic heterocycles. The minimum atomic E-state index is 0.0525. The van der Waals surface area contributed by atoms with E-state index in [0.29, 0.717) is 0 Å². The van der Waals surface area contributed by atoms with Crippen LogP contribution in [0.3, 0.4) is 0 Å². The molecule has 0 aliphatic carbocycles. The Kier molecular flexibility index (Phi) is 3.12. The van der Waals surface area contributed by atoms with Gasteiger partial charge in [0.25, 0.3) is 0 Å². The number of hydrogen-bond acceptors (Lipinski definition) is 4. The fourth-order valence-electron chi connectivity index (χ4n) is 1.72. The third-order valence-corrected chi connectivity index (χ3v) is 2.53. The molecule has 1 unspecified atom stereocenters. The standard InChI is InChI=1S/C12H14N4/c1-14-12(9-2-5-15-6-3-9)10-8-16-7-4-11(10)13/h2-8,12,14H,1H3,(H2,13,16). The molecular weight excluding hydrogens is 200 g/mol. The summed E-state index contributed by atoms with van der Waals surface area (Å²) in [5.74, 6) is 0. The van der Waals surface area contributed by atoms with Crippen molar-refractivity contribution in [1.82, 2.24) is 15.3 Å². The summed E-state index contributed by atoms with van der Waals surface area (Å²) in [5, 5.41) is 3.23. The van der Waals surface area contributed by atoms with Crippen LogP contribution < -0.4 is 11.1 Å². The molecule has 3 N–H and O–H groups in total. The molecule has 0 saturated carbocycles. The molecule has 0 aromatic carbocycles. The van der Waals surface area contributed by atoms with Crippen LogP contribution in [-0.2, 0) is 0 Å². The molecule has 82 valence electrons. The maximum absolute atomic E-state index is 5.94. The summed E-state index contributed by atoms with van der Waals surface area (Å²) in [6.45, 7) is 0. The summed E-state index contributed by atoms with van der Waals surface area (Å²) in [5.41, 5.74) is 8.79. The van der Waals surface area contributed by atoms with Crippen molar-refractivity contribution in [2.75, 3.05) is 12.8 Å². The lowest BCUT2D eigenvalue weighted by Gasteiger charge is -2.18. The van der Waals surface area contributed by atoms with Crippen LogP contribution in [-0.4, -0.2) is 17.0 Å². The number of nitrogens with two attached hydrogens (primary N) is 1. The summed E-state index contributed by atoms with van der Waals surface area (Å²) in [6, 6.07) is 5.79. The van der Waals surface area contributed by atoms with Crippen molar-refractivity contribution < 1.29 is 0 Å². The summed E-state index contributed by atoms with van der Waals surface area (Å²) < 4.78 is 0. The Hall–Kier alpha value is -1.94. The molecule has 2 heterocycles. The first-order valence-corrected chi connectivity index (χ1v) is 5.09. The van der Waals surface area contributed by atoms with Gasteiger partial charge in [-0.05, 0) is 30.8 Å². The third kappa shape index (κ3) is 2.01. The van der Waals surface area contributed by atoms with E-state index in [4.69, 9.17) is 5.73 Å². The predicted octanol–water partition coefficient (Wildman–Crippen LogP) is 1.37. The molecule has 0 amide bonds. The number of pyridine rings is 2. The van der Waals surface area contributed by atoms with Crippen molar-refractivity contribution in [3.63, 3.8) is 0 Å². The number of anilines is 1. The highest BCUT2D eigenvalue weighted by molar-refractivity contribution is 5.49. The van der Waals surface area contributed by atoms with E-state index < -0.39 is 0 Å². The van der Waals surface area contributed by atoms with Gasteiger partial charge in [-0.1, -0.05) is 0 Å². The lowest BCUT2D eigenvalue weighted by molar-refractivity contribution is 0.690. The van der Waals surface area contributed by atoms with Crippen LogP contribution in [0.2, 0.25) is 0 Å². The fourth-order valence-corrected chi connectivity index (χ4v) is 1.72. The van der Waals surface area contributed by atoms with Crippen LogP contribution in [0.25, 0.3) is 0 Å². The molecule has 0 aliphatic rings. The van der Waals surface area contributed by atoms with Crippen LogP contribution in [0.1, 0.15) is 17.2 Å². The summed E-state index contributed by atoms with van der Waals surface area (Å²) in [4.78, 5) is 8.11. The lowest BCUT2D eigenvalue weighted by atomic mass is 10.0. The van der Waals surface area contributed by atoms with Gasteiger partial charge in [-0.3, -0.25) is 9.97 Å². The zero-order valence-corrected chi connectivity index (χ0v) is 9.09. The highest BCUT2D eigenvalue weighted by atomic mass is 14.9. The largest absolute Gasteiger partial charge is 0.398 e. The van der Waals surface area contributed by atoms with Gasteiger partial charge < -0.3 is 11.1 Å². The van der Waals surface area contributed by atoms with Crippen LogP contribution in [0.5, 0.6) is 0 Å². The van der Waals surface area contributed by atoms with Crippen molar-refractivity contribution >= 4 is 5.69 Å². The van der Waals surface area contributed by atoms with Gasteiger partial charge in [0.05, 0.1) is 6.04 Å². The van der Waals surface area contributed by atoms with Gasteiger partial charge in [-0.2, -0.15) is 0 Å². The second kappa shape index (κ2) is 4.72. The van der Waals surface area contributed by atoms with Gasteiger partial charge in [0.1, 0.15) is 0 Å². The smallest absolute Gasteiger partial charge is 0.0611 e. The number of rotatable bonds is 3. The minimum Gasteiger partial charge on any atom is -0.398 e. The van der Waals surface area contributed by atoms with Crippen LogP contribution >= 0.6 is 0 Å². The first kappa shape index (κ1) is 10.6. The molecule has 0 radical (unpaired) electrons. The summed E-state index contributed by atoms with van der Waals surface area (Å²) in [6.07, 6.45) is 7.02.